The Balaban J connectivity index is 1.59. The van der Waals surface area contributed by atoms with Crippen molar-refractivity contribution in [3.05, 3.63) is 0 Å². The van der Waals surface area contributed by atoms with Gasteiger partial charge in [-0.15, -0.1) is 0 Å². The summed E-state index contributed by atoms with van der Waals surface area (Å²) in [6, 6.07) is 1.68. The van der Waals surface area contributed by atoms with Crippen molar-refractivity contribution in [2.75, 3.05) is 19.6 Å². The van der Waals surface area contributed by atoms with Crippen molar-refractivity contribution in [1.82, 2.24) is 10.2 Å². The third-order valence-electron chi connectivity index (χ3n) is 4.14. The van der Waals surface area contributed by atoms with Gasteiger partial charge in [0.25, 0.3) is 0 Å². The molecule has 1 aliphatic carbocycles. The van der Waals surface area contributed by atoms with E-state index in [0.29, 0.717) is 0 Å². The Kier molecular flexibility index (Phi) is 4.04. The van der Waals surface area contributed by atoms with Gasteiger partial charge in [-0.25, -0.2) is 0 Å². The Morgan fingerprint density at radius 1 is 1.20 bits per heavy atom. The molecule has 2 heteroatoms. The molecule has 0 aromatic rings. The molecule has 2 atom stereocenters. The maximum Gasteiger partial charge on any atom is 0.00925 e. The van der Waals surface area contributed by atoms with E-state index in [-0.39, 0.29) is 0 Å². The van der Waals surface area contributed by atoms with Gasteiger partial charge < -0.3 is 10.2 Å². The minimum Gasteiger partial charge on any atom is -0.314 e. The summed E-state index contributed by atoms with van der Waals surface area (Å²) < 4.78 is 0. The summed E-state index contributed by atoms with van der Waals surface area (Å²) in [5.74, 6) is 0.898. The summed E-state index contributed by atoms with van der Waals surface area (Å²) in [5.41, 5.74) is 0. The monoisotopic (exact) mass is 210 g/mol. The molecule has 1 heterocycles. The van der Waals surface area contributed by atoms with Crippen LogP contribution in [0, 0.1) is 5.92 Å². The fraction of sp³-hybridized carbons (Fsp3) is 1.00. The summed E-state index contributed by atoms with van der Waals surface area (Å²) in [6.45, 7) is 8.65. The molecule has 88 valence electrons. The lowest BCUT2D eigenvalue weighted by atomic mass is 9.92. The molecule has 1 N–H and O–H groups in total. The van der Waals surface area contributed by atoms with E-state index in [9.17, 15) is 0 Å². The predicted octanol–water partition coefficient (Wildman–Crippen LogP) is 2.25. The highest BCUT2D eigenvalue weighted by molar-refractivity contribution is 4.82. The van der Waals surface area contributed by atoms with Crippen LogP contribution in [0.5, 0.6) is 0 Å². The van der Waals surface area contributed by atoms with Crippen LogP contribution in [-0.2, 0) is 0 Å². The number of nitrogens with zero attached hydrogens (tertiary/aromatic N) is 1. The Morgan fingerprint density at radius 3 is 2.73 bits per heavy atom. The van der Waals surface area contributed by atoms with Gasteiger partial charge in [-0.1, -0.05) is 6.92 Å². The normalized spacial score (nSPS) is 33.2. The lowest BCUT2D eigenvalue weighted by Crippen LogP contribution is -2.43. The molecular weight excluding hydrogens is 184 g/mol. The van der Waals surface area contributed by atoms with E-state index in [2.05, 4.69) is 24.1 Å². The topological polar surface area (TPSA) is 15.3 Å². The van der Waals surface area contributed by atoms with Gasteiger partial charge in [-0.3, -0.25) is 0 Å². The number of piperidine rings is 1. The van der Waals surface area contributed by atoms with Crippen LogP contribution in [0.25, 0.3) is 0 Å². The van der Waals surface area contributed by atoms with E-state index in [1.54, 1.807) is 0 Å². The van der Waals surface area contributed by atoms with Crippen molar-refractivity contribution >= 4 is 0 Å². The van der Waals surface area contributed by atoms with E-state index in [1.807, 2.05) is 0 Å². The predicted molar refractivity (Wildman–Crippen MR) is 65.1 cm³/mol. The fourth-order valence-electron chi connectivity index (χ4n) is 2.61. The van der Waals surface area contributed by atoms with E-state index in [1.165, 1.54) is 51.7 Å². The lowest BCUT2D eigenvalue weighted by Gasteiger charge is -2.37. The molecule has 2 fully saturated rings. The first-order valence-corrected chi connectivity index (χ1v) is 6.75. The van der Waals surface area contributed by atoms with Crippen molar-refractivity contribution in [1.29, 1.82) is 0 Å². The quantitative estimate of drug-likeness (QED) is 0.700. The molecule has 15 heavy (non-hydrogen) atoms. The van der Waals surface area contributed by atoms with Crippen LogP contribution >= 0.6 is 0 Å². The summed E-state index contributed by atoms with van der Waals surface area (Å²) in [5, 5.41) is 3.60. The van der Waals surface area contributed by atoms with Gasteiger partial charge in [0.2, 0.25) is 0 Å². The lowest BCUT2D eigenvalue weighted by molar-refractivity contribution is 0.112. The Labute approximate surface area is 94.4 Å². The van der Waals surface area contributed by atoms with E-state index < -0.39 is 0 Å². The van der Waals surface area contributed by atoms with Gasteiger partial charge >= 0.3 is 0 Å². The van der Waals surface area contributed by atoms with Gasteiger partial charge in [-0.05, 0) is 64.6 Å². The maximum atomic E-state index is 3.60. The number of rotatable bonds is 5. The molecule has 0 aromatic heterocycles. The zero-order valence-electron chi connectivity index (χ0n) is 10.3. The van der Waals surface area contributed by atoms with E-state index in [4.69, 9.17) is 0 Å². The number of nitrogens with one attached hydrogen (secondary N) is 1. The molecule has 2 nitrogen and oxygen atoms in total. The van der Waals surface area contributed by atoms with Gasteiger partial charge in [0.05, 0.1) is 0 Å². The molecule has 0 bridgehead atoms. The zero-order valence-corrected chi connectivity index (χ0v) is 10.3. The first-order valence-electron chi connectivity index (χ1n) is 6.75. The van der Waals surface area contributed by atoms with Crippen molar-refractivity contribution in [3.8, 4) is 0 Å². The Bertz CT molecular complexity index is 189. The molecule has 1 saturated heterocycles. The van der Waals surface area contributed by atoms with Crippen molar-refractivity contribution in [2.24, 2.45) is 5.92 Å². The fourth-order valence-corrected chi connectivity index (χ4v) is 2.61. The van der Waals surface area contributed by atoms with Crippen LogP contribution in [0.2, 0.25) is 0 Å². The van der Waals surface area contributed by atoms with E-state index >= 15 is 0 Å². The number of likely N-dealkylation sites (tertiary alicyclic amines) is 1. The molecule has 0 spiro atoms. The standard InChI is InChI=1S/C13H26N2/c1-11-5-3-9-15(12(11)2)10-4-8-14-13-6-7-13/h11-14H,3-10H2,1-2H3. The van der Waals surface area contributed by atoms with Gasteiger partial charge in [-0.2, -0.15) is 0 Å². The minimum atomic E-state index is 0.805. The zero-order chi connectivity index (χ0) is 10.7. The van der Waals surface area contributed by atoms with Crippen LogP contribution in [0.1, 0.15) is 46.0 Å². The first-order chi connectivity index (χ1) is 7.27. The first kappa shape index (κ1) is 11.4. The minimum absolute atomic E-state index is 0.805. The molecule has 1 saturated carbocycles. The third kappa shape index (κ3) is 3.46. The van der Waals surface area contributed by atoms with Gasteiger partial charge in [0, 0.05) is 12.1 Å². The summed E-state index contributed by atoms with van der Waals surface area (Å²) >= 11 is 0. The highest BCUT2D eigenvalue weighted by Crippen LogP contribution is 2.23. The largest absolute Gasteiger partial charge is 0.314 e. The maximum absolute atomic E-state index is 3.60. The van der Waals surface area contributed by atoms with Crippen molar-refractivity contribution in [2.45, 2.75) is 58.0 Å². The molecule has 2 unspecified atom stereocenters. The molecule has 0 amide bonds. The molecule has 2 aliphatic rings. The second kappa shape index (κ2) is 5.31. The SMILES string of the molecule is CC1CCCN(CCCNC2CC2)C1C. The number of hydrogen-bond donors (Lipinski definition) is 1. The van der Waals surface area contributed by atoms with Crippen LogP contribution in [0.4, 0.5) is 0 Å². The Morgan fingerprint density at radius 2 is 2.00 bits per heavy atom. The van der Waals surface area contributed by atoms with E-state index in [0.717, 1.165) is 18.0 Å². The summed E-state index contributed by atoms with van der Waals surface area (Å²) in [7, 11) is 0. The van der Waals surface area contributed by atoms with Gasteiger partial charge in [0.15, 0.2) is 0 Å². The van der Waals surface area contributed by atoms with Crippen LogP contribution in [-0.4, -0.2) is 36.6 Å². The summed E-state index contributed by atoms with van der Waals surface area (Å²) in [4.78, 5) is 2.68. The highest BCUT2D eigenvalue weighted by atomic mass is 15.2. The van der Waals surface area contributed by atoms with Crippen LogP contribution < -0.4 is 5.32 Å². The third-order valence-corrected chi connectivity index (χ3v) is 4.14. The summed E-state index contributed by atoms with van der Waals surface area (Å²) in [6.07, 6.45) is 6.99. The van der Waals surface area contributed by atoms with Crippen LogP contribution in [0.15, 0.2) is 0 Å². The smallest absolute Gasteiger partial charge is 0.00925 e. The molecule has 2 rings (SSSR count). The average Bonchev–Trinajstić information content (AvgIpc) is 3.02. The van der Waals surface area contributed by atoms with Crippen molar-refractivity contribution < 1.29 is 0 Å². The van der Waals surface area contributed by atoms with Crippen molar-refractivity contribution in [3.63, 3.8) is 0 Å². The van der Waals surface area contributed by atoms with Gasteiger partial charge in [0.1, 0.15) is 0 Å². The molecular formula is C13H26N2. The average molecular weight is 210 g/mol. The molecule has 0 radical (unpaired) electrons. The highest BCUT2D eigenvalue weighted by Gasteiger charge is 2.24. The van der Waals surface area contributed by atoms with Crippen LogP contribution in [0.3, 0.4) is 0 Å². The second-order valence-electron chi connectivity index (χ2n) is 5.48. The molecule has 0 aromatic carbocycles. The Hall–Kier alpha value is -0.0800. The number of hydrogen-bond acceptors (Lipinski definition) is 2. The second-order valence-corrected chi connectivity index (χ2v) is 5.48. The molecule has 1 aliphatic heterocycles.